The molecule has 0 saturated carbocycles. The van der Waals surface area contributed by atoms with Crippen LogP contribution in [-0.4, -0.2) is 6.09 Å². The first-order valence-electron chi connectivity index (χ1n) is 3.62. The van der Waals surface area contributed by atoms with Gasteiger partial charge in [-0.25, -0.2) is 4.79 Å². The van der Waals surface area contributed by atoms with E-state index in [-0.39, 0.29) is 0 Å². The summed E-state index contributed by atoms with van der Waals surface area (Å²) in [5, 5.41) is 3.14. The standard InChI is InChI=1S/C9H9ClNO2/c1-6-5-7(10)3-4-8(6)11-9(12)13-2/h3-5H,2H2,1H3,(H,11,12). The van der Waals surface area contributed by atoms with Gasteiger partial charge in [-0.2, -0.15) is 0 Å². The molecule has 1 rings (SSSR count). The summed E-state index contributed by atoms with van der Waals surface area (Å²) in [7, 11) is 2.99. The number of rotatable bonds is 1. The summed E-state index contributed by atoms with van der Waals surface area (Å²) >= 11 is 5.73. The van der Waals surface area contributed by atoms with Crippen LogP contribution in [0.15, 0.2) is 18.2 Å². The van der Waals surface area contributed by atoms with Crippen molar-refractivity contribution >= 4 is 23.4 Å². The second-order valence-electron chi connectivity index (χ2n) is 2.52. The molecule has 4 heteroatoms. The number of benzene rings is 1. The number of ether oxygens (including phenoxy) is 1. The van der Waals surface area contributed by atoms with Crippen LogP contribution in [0.5, 0.6) is 0 Å². The first kappa shape index (κ1) is 9.86. The summed E-state index contributed by atoms with van der Waals surface area (Å²) in [6.07, 6.45) is -0.592. The quantitative estimate of drug-likeness (QED) is 0.754. The molecule has 0 aromatic heterocycles. The minimum atomic E-state index is -0.592. The number of carbonyl (C=O) groups is 1. The SMILES string of the molecule is [CH2]OC(=O)Nc1ccc(Cl)cc1C. The molecule has 0 fully saturated rings. The molecule has 0 bridgehead atoms. The van der Waals surface area contributed by atoms with Gasteiger partial charge in [0.05, 0.1) is 0 Å². The molecule has 0 heterocycles. The Morgan fingerprint density at radius 2 is 2.31 bits per heavy atom. The Morgan fingerprint density at radius 1 is 1.62 bits per heavy atom. The van der Waals surface area contributed by atoms with Crippen LogP contribution < -0.4 is 5.32 Å². The van der Waals surface area contributed by atoms with Crippen molar-refractivity contribution in [1.82, 2.24) is 0 Å². The zero-order valence-corrected chi connectivity index (χ0v) is 7.89. The monoisotopic (exact) mass is 198 g/mol. The van der Waals surface area contributed by atoms with E-state index < -0.39 is 6.09 Å². The third-order valence-corrected chi connectivity index (χ3v) is 1.79. The van der Waals surface area contributed by atoms with E-state index in [1.165, 1.54) is 0 Å². The first-order chi connectivity index (χ1) is 6.13. The van der Waals surface area contributed by atoms with E-state index in [2.05, 4.69) is 17.2 Å². The van der Waals surface area contributed by atoms with E-state index in [9.17, 15) is 4.79 Å². The predicted molar refractivity (Wildman–Crippen MR) is 51.6 cm³/mol. The fraction of sp³-hybridized carbons (Fsp3) is 0.111. The summed E-state index contributed by atoms with van der Waals surface area (Å²) in [6.45, 7) is 1.84. The van der Waals surface area contributed by atoms with E-state index in [1.54, 1.807) is 18.2 Å². The fourth-order valence-corrected chi connectivity index (χ4v) is 1.14. The van der Waals surface area contributed by atoms with Gasteiger partial charge in [0.25, 0.3) is 0 Å². The maximum absolute atomic E-state index is 10.8. The van der Waals surface area contributed by atoms with Crippen molar-refractivity contribution in [3.8, 4) is 0 Å². The highest BCUT2D eigenvalue weighted by Gasteiger charge is 2.03. The molecule has 0 aliphatic rings. The maximum Gasteiger partial charge on any atom is 0.411 e. The van der Waals surface area contributed by atoms with Gasteiger partial charge in [0.15, 0.2) is 0 Å². The van der Waals surface area contributed by atoms with E-state index in [0.717, 1.165) is 5.56 Å². The molecule has 0 spiro atoms. The molecule has 1 aromatic rings. The minimum absolute atomic E-state index is 0.592. The van der Waals surface area contributed by atoms with Crippen LogP contribution in [0.1, 0.15) is 5.56 Å². The zero-order chi connectivity index (χ0) is 9.84. The Balaban J connectivity index is 2.83. The minimum Gasteiger partial charge on any atom is -0.446 e. The number of hydrogen-bond donors (Lipinski definition) is 1. The number of carbonyl (C=O) groups excluding carboxylic acids is 1. The second-order valence-corrected chi connectivity index (χ2v) is 2.95. The lowest BCUT2D eigenvalue weighted by atomic mass is 10.2. The molecule has 0 aliphatic carbocycles. The summed E-state index contributed by atoms with van der Waals surface area (Å²) in [5.74, 6) is 0. The van der Waals surface area contributed by atoms with Crippen molar-refractivity contribution in [3.05, 3.63) is 35.9 Å². The molecule has 0 unspecified atom stereocenters. The van der Waals surface area contributed by atoms with Gasteiger partial charge >= 0.3 is 6.09 Å². The van der Waals surface area contributed by atoms with Crippen LogP contribution in [-0.2, 0) is 4.74 Å². The van der Waals surface area contributed by atoms with Gasteiger partial charge in [0, 0.05) is 10.7 Å². The molecule has 1 amide bonds. The number of hydrogen-bond acceptors (Lipinski definition) is 2. The number of nitrogens with one attached hydrogen (secondary N) is 1. The number of anilines is 1. The number of amides is 1. The number of halogens is 1. The van der Waals surface area contributed by atoms with Crippen molar-refractivity contribution in [1.29, 1.82) is 0 Å². The topological polar surface area (TPSA) is 38.3 Å². The highest BCUT2D eigenvalue weighted by molar-refractivity contribution is 6.30. The Morgan fingerprint density at radius 3 is 2.85 bits per heavy atom. The first-order valence-corrected chi connectivity index (χ1v) is 4.00. The third-order valence-electron chi connectivity index (χ3n) is 1.56. The summed E-state index contributed by atoms with van der Waals surface area (Å²) in [4.78, 5) is 10.8. The summed E-state index contributed by atoms with van der Waals surface area (Å²) in [6, 6.07) is 5.14. The molecular weight excluding hydrogens is 190 g/mol. The lowest BCUT2D eigenvalue weighted by Gasteiger charge is -2.06. The van der Waals surface area contributed by atoms with Crippen LogP contribution >= 0.6 is 11.6 Å². The average molecular weight is 199 g/mol. The van der Waals surface area contributed by atoms with Gasteiger partial charge in [0.2, 0.25) is 0 Å². The van der Waals surface area contributed by atoms with Crippen molar-refractivity contribution in [2.24, 2.45) is 0 Å². The highest BCUT2D eigenvalue weighted by atomic mass is 35.5. The predicted octanol–water partition coefficient (Wildman–Crippen LogP) is 2.99. The van der Waals surface area contributed by atoms with Crippen molar-refractivity contribution < 1.29 is 9.53 Å². The van der Waals surface area contributed by atoms with Crippen LogP contribution in [0.25, 0.3) is 0 Å². The van der Waals surface area contributed by atoms with Gasteiger partial charge in [-0.15, -0.1) is 0 Å². The van der Waals surface area contributed by atoms with Gasteiger partial charge in [-0.1, -0.05) is 11.6 Å². The lowest BCUT2D eigenvalue weighted by Crippen LogP contribution is -2.10. The summed E-state index contributed by atoms with van der Waals surface area (Å²) in [5.41, 5.74) is 1.54. The molecule has 0 aliphatic heterocycles. The van der Waals surface area contributed by atoms with Crippen molar-refractivity contribution in [2.45, 2.75) is 6.92 Å². The van der Waals surface area contributed by atoms with Crippen molar-refractivity contribution in [3.63, 3.8) is 0 Å². The van der Waals surface area contributed by atoms with E-state index >= 15 is 0 Å². The molecule has 1 aromatic carbocycles. The molecule has 1 N–H and O–H groups in total. The van der Waals surface area contributed by atoms with Crippen molar-refractivity contribution in [2.75, 3.05) is 5.32 Å². The maximum atomic E-state index is 10.8. The van der Waals surface area contributed by atoms with Crippen LogP contribution in [0.4, 0.5) is 10.5 Å². The Kier molecular flexibility index (Phi) is 3.14. The van der Waals surface area contributed by atoms with Crippen LogP contribution in [0, 0.1) is 14.0 Å². The van der Waals surface area contributed by atoms with E-state index in [4.69, 9.17) is 11.6 Å². The molecular formula is C9H9ClNO2. The Labute approximate surface area is 81.7 Å². The molecule has 69 valence electrons. The molecule has 0 atom stereocenters. The Bertz CT molecular complexity index is 325. The van der Waals surface area contributed by atoms with Crippen LogP contribution in [0.2, 0.25) is 5.02 Å². The lowest BCUT2D eigenvalue weighted by molar-refractivity contribution is 0.199. The molecule has 1 radical (unpaired) electrons. The highest BCUT2D eigenvalue weighted by Crippen LogP contribution is 2.19. The second kappa shape index (κ2) is 4.14. The molecule has 0 saturated heterocycles. The zero-order valence-electron chi connectivity index (χ0n) is 7.13. The Hall–Kier alpha value is -1.22. The fourth-order valence-electron chi connectivity index (χ4n) is 0.913. The summed E-state index contributed by atoms with van der Waals surface area (Å²) < 4.78 is 4.21. The number of aryl methyl sites for hydroxylation is 1. The van der Waals surface area contributed by atoms with E-state index in [0.29, 0.717) is 10.7 Å². The van der Waals surface area contributed by atoms with Gasteiger partial charge in [-0.3, -0.25) is 5.32 Å². The van der Waals surface area contributed by atoms with E-state index in [1.807, 2.05) is 6.92 Å². The average Bonchev–Trinajstić information content (AvgIpc) is 2.09. The third kappa shape index (κ3) is 2.63. The van der Waals surface area contributed by atoms with Gasteiger partial charge in [0.1, 0.15) is 7.11 Å². The molecule has 3 nitrogen and oxygen atoms in total. The molecule has 13 heavy (non-hydrogen) atoms. The van der Waals surface area contributed by atoms with Gasteiger partial charge < -0.3 is 4.74 Å². The smallest absolute Gasteiger partial charge is 0.411 e. The van der Waals surface area contributed by atoms with Crippen LogP contribution in [0.3, 0.4) is 0 Å². The largest absolute Gasteiger partial charge is 0.446 e. The normalized spacial score (nSPS) is 9.46. The van der Waals surface area contributed by atoms with Gasteiger partial charge in [-0.05, 0) is 30.7 Å².